The van der Waals surface area contributed by atoms with Crippen molar-refractivity contribution in [3.05, 3.63) is 89.2 Å². The van der Waals surface area contributed by atoms with Crippen LogP contribution in [0.1, 0.15) is 48.4 Å². The average Bonchev–Trinajstić information content (AvgIpc) is 4.00. The molecule has 2 fully saturated rings. The van der Waals surface area contributed by atoms with Crippen molar-refractivity contribution in [2.24, 2.45) is 0 Å². The van der Waals surface area contributed by atoms with Gasteiger partial charge in [-0.3, -0.25) is 9.47 Å². The van der Waals surface area contributed by atoms with E-state index < -0.39 is 18.6 Å². The molecule has 2 saturated heterocycles. The van der Waals surface area contributed by atoms with E-state index in [9.17, 15) is 8.78 Å². The molecule has 3 aromatic heterocycles. The molecule has 0 radical (unpaired) electrons. The molecule has 52 heavy (non-hydrogen) atoms. The molecule has 4 aliphatic rings. The van der Waals surface area contributed by atoms with Crippen LogP contribution >= 0.6 is 11.6 Å². The molecule has 0 bridgehead atoms. The summed E-state index contributed by atoms with van der Waals surface area (Å²) in [4.78, 5) is 20.3. The van der Waals surface area contributed by atoms with E-state index in [1.54, 1.807) is 12.4 Å². The maximum atomic E-state index is 14.2. The third kappa shape index (κ3) is 5.10. The predicted molar refractivity (Wildman–Crippen MR) is 197 cm³/mol. The Morgan fingerprint density at radius 3 is 2.44 bits per heavy atom. The van der Waals surface area contributed by atoms with Gasteiger partial charge >= 0.3 is 0 Å². The van der Waals surface area contributed by atoms with E-state index >= 15 is 0 Å². The molecule has 10 nitrogen and oxygen atoms in total. The van der Waals surface area contributed by atoms with Crippen molar-refractivity contribution in [3.63, 3.8) is 0 Å². The standard InChI is InChI=1S/C39H37ClF2N8O2/c1-48-9-10-51-34-13-22(5-8-31(34)48)39-50-30-7-4-20(28-17-44-37(46-28)27-14-23(41)16-43-27)11-26(30)35(40)36(50)25-6-3-21(12-33(25)52-39)29-18-45-38(47-29)32-15-24(42)19-49(32)2/h3-8,11-13,17-18,23-24,27,32,39,43H,9-10,14-16,19H2,1-2H3,(H,44,46)(H,45,47). The molecule has 0 saturated carbocycles. The molecule has 7 heterocycles. The zero-order valence-electron chi connectivity index (χ0n) is 28.7. The summed E-state index contributed by atoms with van der Waals surface area (Å²) >= 11 is 7.40. The van der Waals surface area contributed by atoms with Crippen LogP contribution in [0.5, 0.6) is 11.5 Å². The van der Waals surface area contributed by atoms with Gasteiger partial charge in [0.2, 0.25) is 6.23 Å². The lowest BCUT2D eigenvalue weighted by molar-refractivity contribution is 0.173. The number of nitrogens with zero attached hydrogens (tertiary/aromatic N) is 5. The third-order valence-electron chi connectivity index (χ3n) is 11.0. The molecule has 5 unspecified atom stereocenters. The highest BCUT2D eigenvalue weighted by Gasteiger charge is 2.35. The quantitative estimate of drug-likeness (QED) is 0.169. The minimum absolute atomic E-state index is 0.0955. The van der Waals surface area contributed by atoms with E-state index in [4.69, 9.17) is 21.1 Å². The van der Waals surface area contributed by atoms with Crippen LogP contribution in [-0.4, -0.2) is 82.1 Å². The number of likely N-dealkylation sites (N-methyl/N-ethyl adjacent to an activating group) is 1. The Morgan fingerprint density at radius 1 is 0.865 bits per heavy atom. The van der Waals surface area contributed by atoms with Crippen LogP contribution in [0, 0.1) is 0 Å². The molecular formula is C39H37ClF2N8O2. The zero-order valence-corrected chi connectivity index (χ0v) is 29.4. The minimum atomic E-state index is -0.875. The number of likely N-dealkylation sites (tertiary alicyclic amines) is 1. The predicted octanol–water partition coefficient (Wildman–Crippen LogP) is 7.60. The van der Waals surface area contributed by atoms with Gasteiger partial charge in [0, 0.05) is 60.6 Å². The number of benzene rings is 3. The van der Waals surface area contributed by atoms with Gasteiger partial charge < -0.3 is 29.7 Å². The van der Waals surface area contributed by atoms with Crippen LogP contribution in [0.25, 0.3) is 44.7 Å². The lowest BCUT2D eigenvalue weighted by atomic mass is 10.0. The average molecular weight is 723 g/mol. The molecule has 4 aliphatic heterocycles. The van der Waals surface area contributed by atoms with Crippen molar-refractivity contribution in [1.29, 1.82) is 0 Å². The molecule has 3 aromatic carbocycles. The first-order chi connectivity index (χ1) is 25.3. The largest absolute Gasteiger partial charge is 0.490 e. The maximum Gasteiger partial charge on any atom is 0.203 e. The molecule has 10 rings (SSSR count). The van der Waals surface area contributed by atoms with E-state index in [1.807, 2.05) is 36.2 Å². The number of alkyl halides is 2. The van der Waals surface area contributed by atoms with Crippen molar-refractivity contribution >= 4 is 28.2 Å². The van der Waals surface area contributed by atoms with E-state index in [1.165, 1.54) is 0 Å². The van der Waals surface area contributed by atoms with Gasteiger partial charge in [0.25, 0.3) is 0 Å². The maximum absolute atomic E-state index is 14.2. The van der Waals surface area contributed by atoms with Crippen molar-refractivity contribution in [2.75, 3.05) is 45.2 Å². The Bertz CT molecular complexity index is 2350. The van der Waals surface area contributed by atoms with Gasteiger partial charge in [-0.25, -0.2) is 18.7 Å². The fourth-order valence-electron chi connectivity index (χ4n) is 8.31. The molecular weight excluding hydrogens is 686 g/mol. The summed E-state index contributed by atoms with van der Waals surface area (Å²) in [5, 5.41) is 4.69. The molecule has 0 amide bonds. The van der Waals surface area contributed by atoms with Gasteiger partial charge in [-0.1, -0.05) is 29.8 Å². The molecule has 0 aliphatic carbocycles. The van der Waals surface area contributed by atoms with Crippen molar-refractivity contribution < 1.29 is 18.3 Å². The topological polar surface area (TPSA) is 99.3 Å². The highest BCUT2D eigenvalue weighted by atomic mass is 35.5. The summed E-state index contributed by atoms with van der Waals surface area (Å²) < 4.78 is 43.3. The Labute approximate surface area is 303 Å². The Morgan fingerprint density at radius 2 is 1.65 bits per heavy atom. The third-order valence-corrected chi connectivity index (χ3v) is 11.4. The summed E-state index contributed by atoms with van der Waals surface area (Å²) in [7, 11) is 3.99. The van der Waals surface area contributed by atoms with Crippen LogP contribution in [-0.2, 0) is 0 Å². The Kier molecular flexibility index (Phi) is 7.38. The lowest BCUT2D eigenvalue weighted by Crippen LogP contribution is -2.29. The smallest absolute Gasteiger partial charge is 0.203 e. The second kappa shape index (κ2) is 12.1. The summed E-state index contributed by atoms with van der Waals surface area (Å²) in [5.41, 5.74) is 8.07. The molecule has 3 N–H and O–H groups in total. The van der Waals surface area contributed by atoms with E-state index in [-0.39, 0.29) is 12.1 Å². The number of rotatable bonds is 5. The van der Waals surface area contributed by atoms with Gasteiger partial charge in [0.1, 0.15) is 42.1 Å². The number of hydrogen-bond acceptors (Lipinski definition) is 7. The van der Waals surface area contributed by atoms with Crippen LogP contribution in [0.3, 0.4) is 0 Å². The number of imidazole rings is 2. The molecule has 266 valence electrons. The van der Waals surface area contributed by atoms with E-state index in [0.717, 1.165) is 79.9 Å². The van der Waals surface area contributed by atoms with E-state index in [2.05, 4.69) is 72.1 Å². The molecule has 6 aromatic rings. The number of halogens is 3. The first-order valence-corrected chi connectivity index (χ1v) is 18.1. The highest BCUT2D eigenvalue weighted by molar-refractivity contribution is 6.38. The van der Waals surface area contributed by atoms with Crippen LogP contribution in [0.2, 0.25) is 5.02 Å². The van der Waals surface area contributed by atoms with Crippen molar-refractivity contribution in [3.8, 4) is 45.3 Å². The summed E-state index contributed by atoms with van der Waals surface area (Å²) in [6.45, 7) is 2.15. The second-order valence-corrected chi connectivity index (χ2v) is 14.8. The number of nitrogens with one attached hydrogen (secondary N) is 3. The van der Waals surface area contributed by atoms with Crippen LogP contribution in [0.4, 0.5) is 14.5 Å². The fourth-order valence-corrected chi connectivity index (χ4v) is 8.65. The SMILES string of the molecule is CN1CCOc2cc(C3Oc4cc(-c5cnc(C6CC(F)CN6C)[nH]5)ccc4-c4c(Cl)c5cc(-c6cnc(C7CC(F)CN7)[nH]6)ccc5n43)ccc21. The van der Waals surface area contributed by atoms with Crippen molar-refractivity contribution in [1.82, 2.24) is 34.7 Å². The number of aromatic amines is 2. The summed E-state index contributed by atoms with van der Waals surface area (Å²) in [6, 6.07) is 18.3. The number of fused-ring (bicyclic) bond motifs is 6. The first-order valence-electron chi connectivity index (χ1n) is 17.7. The van der Waals surface area contributed by atoms with Gasteiger partial charge in [0.05, 0.1) is 64.3 Å². The lowest BCUT2D eigenvalue weighted by Gasteiger charge is -2.32. The Hall–Kier alpha value is -4.91. The molecule has 13 heteroatoms. The molecule has 5 atom stereocenters. The monoisotopic (exact) mass is 722 g/mol. The van der Waals surface area contributed by atoms with Crippen molar-refractivity contribution in [2.45, 2.75) is 43.5 Å². The first kappa shape index (κ1) is 31.8. The second-order valence-electron chi connectivity index (χ2n) is 14.4. The van der Waals surface area contributed by atoms with Gasteiger partial charge in [0.15, 0.2) is 0 Å². The summed E-state index contributed by atoms with van der Waals surface area (Å²) in [5.74, 6) is 2.97. The highest BCUT2D eigenvalue weighted by Crippen LogP contribution is 2.51. The molecule has 0 spiro atoms. The van der Waals surface area contributed by atoms with Gasteiger partial charge in [-0.05, 0) is 43.4 Å². The zero-order chi connectivity index (χ0) is 35.2. The van der Waals surface area contributed by atoms with Crippen LogP contribution < -0.4 is 19.7 Å². The van der Waals surface area contributed by atoms with E-state index in [0.29, 0.717) is 43.3 Å². The number of ether oxygens (including phenoxy) is 2. The van der Waals surface area contributed by atoms with Gasteiger partial charge in [-0.15, -0.1) is 0 Å². The number of H-pyrrole nitrogens is 2. The summed E-state index contributed by atoms with van der Waals surface area (Å²) in [6.07, 6.45) is 2.13. The number of hydrogen-bond donors (Lipinski definition) is 3. The fraction of sp³-hybridized carbons (Fsp3) is 0.333. The Balaban J connectivity index is 1.08. The number of aromatic nitrogens is 5. The normalized spacial score (nSPS) is 24.1. The van der Waals surface area contributed by atoms with Crippen LogP contribution in [0.15, 0.2) is 67.0 Å². The minimum Gasteiger partial charge on any atom is -0.490 e. The number of anilines is 1. The van der Waals surface area contributed by atoms with Gasteiger partial charge in [-0.2, -0.15) is 0 Å².